The summed E-state index contributed by atoms with van der Waals surface area (Å²) in [5.74, 6) is -0.333. The predicted octanol–water partition coefficient (Wildman–Crippen LogP) is 3.77. The van der Waals surface area contributed by atoms with Gasteiger partial charge < -0.3 is 5.11 Å². The number of aryl methyl sites for hydroxylation is 1. The lowest BCUT2D eigenvalue weighted by Crippen LogP contribution is -2.31. The number of aliphatic hydroxyl groups excluding tert-OH is 1. The summed E-state index contributed by atoms with van der Waals surface area (Å²) in [4.78, 5) is 27.5. The number of halogens is 1. The van der Waals surface area contributed by atoms with Crippen LogP contribution in [-0.2, 0) is 9.59 Å². The fraction of sp³-hybridized carbons (Fsp3) is 0.158. The van der Waals surface area contributed by atoms with E-state index in [4.69, 9.17) is 5.11 Å². The zero-order valence-electron chi connectivity index (χ0n) is 13.5. The van der Waals surface area contributed by atoms with E-state index < -0.39 is 0 Å². The van der Waals surface area contributed by atoms with Gasteiger partial charge in [0.1, 0.15) is 0 Å². The summed E-state index contributed by atoms with van der Waals surface area (Å²) in [7, 11) is 0. The Hall–Kier alpha value is -1.89. The van der Waals surface area contributed by atoms with E-state index in [2.05, 4.69) is 15.9 Å². The van der Waals surface area contributed by atoms with Crippen molar-refractivity contribution in [1.29, 1.82) is 0 Å². The first-order valence-corrected chi connectivity index (χ1v) is 9.50. The summed E-state index contributed by atoms with van der Waals surface area (Å²) in [5, 5.41) is 9.13. The Morgan fingerprint density at radius 2 is 1.80 bits per heavy atom. The average Bonchev–Trinajstić information content (AvgIpc) is 2.84. The van der Waals surface area contributed by atoms with Crippen LogP contribution in [0.2, 0.25) is 0 Å². The van der Waals surface area contributed by atoms with E-state index in [0.29, 0.717) is 27.5 Å². The van der Waals surface area contributed by atoms with E-state index in [1.165, 1.54) is 16.7 Å². The van der Waals surface area contributed by atoms with Crippen LogP contribution in [0.5, 0.6) is 0 Å². The molecule has 4 nitrogen and oxygen atoms in total. The number of hydrogen-bond donors (Lipinski definition) is 1. The molecule has 0 unspecified atom stereocenters. The second-order valence-electron chi connectivity index (χ2n) is 5.57. The third-order valence-corrected chi connectivity index (χ3v) is 5.33. The summed E-state index contributed by atoms with van der Waals surface area (Å²) in [6.45, 7) is 1.91. The van der Waals surface area contributed by atoms with Crippen molar-refractivity contribution in [3.05, 3.63) is 69.0 Å². The minimum atomic E-state index is -0.350. The number of amides is 2. The van der Waals surface area contributed by atoms with Crippen molar-refractivity contribution in [1.82, 2.24) is 0 Å². The molecule has 2 aromatic carbocycles. The molecule has 1 N–H and O–H groups in total. The number of benzene rings is 2. The lowest BCUT2D eigenvalue weighted by atomic mass is 10.0. The second-order valence-corrected chi connectivity index (χ2v) is 7.59. The number of aliphatic hydroxyl groups is 1. The molecule has 0 saturated heterocycles. The van der Waals surface area contributed by atoms with Crippen LogP contribution in [0.1, 0.15) is 11.1 Å². The molecule has 1 aliphatic rings. The lowest BCUT2D eigenvalue weighted by molar-refractivity contribution is -0.119. The Balaban J connectivity index is 2.07. The second kappa shape index (κ2) is 7.56. The molecule has 0 spiro atoms. The minimum Gasteiger partial charge on any atom is -0.396 e. The number of rotatable bonds is 5. The van der Waals surface area contributed by atoms with Gasteiger partial charge in [-0.1, -0.05) is 51.8 Å². The Morgan fingerprint density at radius 1 is 1.08 bits per heavy atom. The highest BCUT2D eigenvalue weighted by molar-refractivity contribution is 9.10. The largest absolute Gasteiger partial charge is 0.396 e. The van der Waals surface area contributed by atoms with Gasteiger partial charge >= 0.3 is 0 Å². The molecule has 0 aromatic heterocycles. The van der Waals surface area contributed by atoms with Gasteiger partial charge in [-0.3, -0.25) is 9.59 Å². The smallest absolute Gasteiger partial charge is 0.272 e. The topological polar surface area (TPSA) is 57.6 Å². The van der Waals surface area contributed by atoms with Crippen molar-refractivity contribution in [2.24, 2.45) is 0 Å². The Labute approximate surface area is 158 Å². The third-order valence-electron chi connectivity index (χ3n) is 3.79. The molecule has 25 heavy (non-hydrogen) atoms. The monoisotopic (exact) mass is 417 g/mol. The first-order chi connectivity index (χ1) is 12.0. The first kappa shape index (κ1) is 17.9. The summed E-state index contributed by atoms with van der Waals surface area (Å²) in [5.41, 5.74) is 2.70. The molecule has 0 atom stereocenters. The molecule has 0 fully saturated rings. The van der Waals surface area contributed by atoms with Gasteiger partial charge in [-0.05, 0) is 30.7 Å². The van der Waals surface area contributed by atoms with Crippen molar-refractivity contribution < 1.29 is 14.7 Å². The van der Waals surface area contributed by atoms with E-state index >= 15 is 0 Å². The summed E-state index contributed by atoms with van der Waals surface area (Å²) in [6.07, 6.45) is 0. The standard InChI is InChI=1S/C19H16BrNO3S/c1-12-5-7-13(8-6-12)16-17(25-10-9-22)19(24)21(18(16)23)15-4-2-3-14(20)11-15/h2-8,11,22H,9-10H2,1H3. The van der Waals surface area contributed by atoms with E-state index in [1.807, 2.05) is 37.3 Å². The van der Waals surface area contributed by atoms with Gasteiger partial charge in [0.2, 0.25) is 0 Å². The molecule has 128 valence electrons. The van der Waals surface area contributed by atoms with Gasteiger partial charge in [0.15, 0.2) is 0 Å². The Bertz CT molecular complexity index is 861. The highest BCUT2D eigenvalue weighted by Crippen LogP contribution is 2.38. The molecule has 0 saturated carbocycles. The minimum absolute atomic E-state index is 0.0618. The van der Waals surface area contributed by atoms with Crippen LogP contribution in [0, 0.1) is 6.92 Å². The Kier molecular flexibility index (Phi) is 5.42. The third kappa shape index (κ3) is 3.56. The molecular weight excluding hydrogens is 402 g/mol. The van der Waals surface area contributed by atoms with Crippen LogP contribution in [0.25, 0.3) is 5.57 Å². The maximum Gasteiger partial charge on any atom is 0.272 e. The van der Waals surface area contributed by atoms with Crippen LogP contribution >= 0.6 is 27.7 Å². The lowest BCUT2D eigenvalue weighted by Gasteiger charge is -2.15. The van der Waals surface area contributed by atoms with Crippen molar-refractivity contribution in [2.75, 3.05) is 17.3 Å². The zero-order chi connectivity index (χ0) is 18.0. The number of carbonyl (C=O) groups is 2. The molecule has 6 heteroatoms. The molecule has 3 rings (SSSR count). The molecule has 0 bridgehead atoms. The SMILES string of the molecule is Cc1ccc(C2=C(SCCO)C(=O)N(c3cccc(Br)c3)C2=O)cc1. The van der Waals surface area contributed by atoms with Gasteiger partial charge in [0.05, 0.1) is 22.8 Å². The van der Waals surface area contributed by atoms with E-state index in [1.54, 1.807) is 18.2 Å². The molecule has 0 radical (unpaired) electrons. The molecular formula is C19H16BrNO3S. The van der Waals surface area contributed by atoms with Crippen LogP contribution in [0.4, 0.5) is 5.69 Å². The number of nitrogens with zero attached hydrogens (tertiary/aromatic N) is 1. The highest BCUT2D eigenvalue weighted by Gasteiger charge is 2.40. The number of thioether (sulfide) groups is 1. The van der Waals surface area contributed by atoms with Gasteiger partial charge in [-0.15, -0.1) is 11.8 Å². The van der Waals surface area contributed by atoms with E-state index in [-0.39, 0.29) is 18.4 Å². The quantitative estimate of drug-likeness (QED) is 0.752. The molecule has 1 aliphatic heterocycles. The van der Waals surface area contributed by atoms with E-state index in [0.717, 1.165) is 10.0 Å². The number of carbonyl (C=O) groups excluding carboxylic acids is 2. The van der Waals surface area contributed by atoms with Crippen molar-refractivity contribution in [3.63, 3.8) is 0 Å². The molecule has 1 heterocycles. The maximum absolute atomic E-state index is 13.0. The highest BCUT2D eigenvalue weighted by atomic mass is 79.9. The van der Waals surface area contributed by atoms with Gasteiger partial charge in [0, 0.05) is 10.2 Å². The Morgan fingerprint density at radius 3 is 2.44 bits per heavy atom. The van der Waals surface area contributed by atoms with Crippen molar-refractivity contribution in [2.45, 2.75) is 6.92 Å². The normalized spacial score (nSPS) is 14.6. The van der Waals surface area contributed by atoms with Crippen LogP contribution in [0.3, 0.4) is 0 Å². The maximum atomic E-state index is 13.0. The van der Waals surface area contributed by atoms with Gasteiger partial charge in [-0.2, -0.15) is 0 Å². The van der Waals surface area contributed by atoms with Gasteiger partial charge in [-0.25, -0.2) is 4.90 Å². The molecule has 0 aliphatic carbocycles. The van der Waals surface area contributed by atoms with Crippen LogP contribution in [-0.4, -0.2) is 29.3 Å². The van der Waals surface area contributed by atoms with Crippen LogP contribution < -0.4 is 4.90 Å². The fourth-order valence-electron chi connectivity index (χ4n) is 2.62. The number of imide groups is 1. The molecule has 2 amide bonds. The van der Waals surface area contributed by atoms with Crippen molar-refractivity contribution >= 4 is 50.8 Å². The van der Waals surface area contributed by atoms with Crippen LogP contribution in [0.15, 0.2) is 57.9 Å². The summed E-state index contributed by atoms with van der Waals surface area (Å²) in [6, 6.07) is 14.6. The fourth-order valence-corrected chi connectivity index (χ4v) is 3.86. The molecule has 2 aromatic rings. The van der Waals surface area contributed by atoms with E-state index in [9.17, 15) is 9.59 Å². The summed E-state index contributed by atoms with van der Waals surface area (Å²) >= 11 is 4.58. The van der Waals surface area contributed by atoms with Gasteiger partial charge in [0.25, 0.3) is 11.8 Å². The number of anilines is 1. The first-order valence-electron chi connectivity index (χ1n) is 7.72. The number of hydrogen-bond acceptors (Lipinski definition) is 4. The van der Waals surface area contributed by atoms with Crippen molar-refractivity contribution in [3.8, 4) is 0 Å². The zero-order valence-corrected chi connectivity index (χ0v) is 15.9. The average molecular weight is 418 g/mol. The predicted molar refractivity (Wildman–Crippen MR) is 104 cm³/mol. The summed E-state index contributed by atoms with van der Waals surface area (Å²) < 4.78 is 0.791.